The van der Waals surface area contributed by atoms with Crippen LogP contribution in [0.1, 0.15) is 109 Å². The first kappa shape index (κ1) is 31.6. The van der Waals surface area contributed by atoms with Gasteiger partial charge in [-0.1, -0.05) is 23.1 Å². The van der Waals surface area contributed by atoms with Gasteiger partial charge in [-0.2, -0.15) is 0 Å². The molecule has 3 aliphatic carbocycles. The van der Waals surface area contributed by atoms with Crippen LogP contribution in [0.4, 0.5) is 0 Å². The standard InChI is InChI=1S/C31H48N8O4/c32-37-35-26-11-4-2-9-23(26)21-31(30(41)39-17-6-1-7-18-39)28(25-10-3-5-12-27(25)36-38-33)43-29(34-31)22-13-15-24(16-14-22)42-20-8-19-40/h22-24,26,28,40H,1-21H2/t22?,23?,24?,26?,28-,31-/m1/s1. The summed E-state index contributed by atoms with van der Waals surface area (Å²) in [5.74, 6) is 0.772. The molecule has 0 radical (unpaired) electrons. The topological polar surface area (TPSA) is 169 Å². The average Bonchev–Trinajstić information content (AvgIpc) is 3.43. The molecular formula is C31H48N8O4. The zero-order valence-electron chi connectivity index (χ0n) is 25.5. The van der Waals surface area contributed by atoms with Crippen LogP contribution in [0.15, 0.2) is 26.5 Å². The smallest absolute Gasteiger partial charge is 0.254 e. The molecule has 2 unspecified atom stereocenters. The number of azide groups is 2. The number of hydrogen-bond acceptors (Lipinski definition) is 7. The molecule has 0 aromatic carbocycles. The number of aliphatic imine (C=N–C) groups is 1. The van der Waals surface area contributed by atoms with Crippen molar-refractivity contribution in [1.82, 2.24) is 4.90 Å². The second kappa shape index (κ2) is 15.3. The molecule has 236 valence electrons. The molecule has 4 atom stereocenters. The first-order valence-electron chi connectivity index (χ1n) is 16.7. The molecule has 12 nitrogen and oxygen atoms in total. The maximum atomic E-state index is 14.9. The molecular weight excluding hydrogens is 548 g/mol. The van der Waals surface area contributed by atoms with Crippen LogP contribution in [0.2, 0.25) is 0 Å². The number of allylic oxidation sites excluding steroid dienone is 1. The van der Waals surface area contributed by atoms with Crippen molar-refractivity contribution in [2.45, 2.75) is 133 Å². The maximum Gasteiger partial charge on any atom is 0.254 e. The summed E-state index contributed by atoms with van der Waals surface area (Å²) in [5.41, 5.74) is 19.3. The summed E-state index contributed by atoms with van der Waals surface area (Å²) in [4.78, 5) is 28.6. The van der Waals surface area contributed by atoms with E-state index in [-0.39, 0.29) is 36.5 Å². The minimum atomic E-state index is -1.17. The van der Waals surface area contributed by atoms with Gasteiger partial charge in [0.05, 0.1) is 6.10 Å². The third kappa shape index (κ3) is 7.31. The molecule has 2 saturated carbocycles. The highest BCUT2D eigenvalue weighted by atomic mass is 16.5. The lowest BCUT2D eigenvalue weighted by Crippen LogP contribution is -2.56. The second-order valence-electron chi connectivity index (χ2n) is 13.0. The molecule has 1 saturated heterocycles. The van der Waals surface area contributed by atoms with E-state index in [1.807, 2.05) is 4.90 Å². The largest absolute Gasteiger partial charge is 0.470 e. The van der Waals surface area contributed by atoms with Crippen LogP contribution in [0, 0.1) is 11.8 Å². The number of ether oxygens (including phenoxy) is 2. The van der Waals surface area contributed by atoms with Gasteiger partial charge in [0.25, 0.3) is 5.91 Å². The summed E-state index contributed by atoms with van der Waals surface area (Å²) < 4.78 is 12.9. The second-order valence-corrected chi connectivity index (χ2v) is 13.0. The summed E-state index contributed by atoms with van der Waals surface area (Å²) >= 11 is 0. The molecule has 1 N–H and O–H groups in total. The monoisotopic (exact) mass is 596 g/mol. The summed E-state index contributed by atoms with van der Waals surface area (Å²) in [6.07, 6.45) is 14.2. The van der Waals surface area contributed by atoms with E-state index in [2.05, 4.69) is 20.1 Å². The Morgan fingerprint density at radius 1 is 1.00 bits per heavy atom. The van der Waals surface area contributed by atoms with Crippen LogP contribution in [-0.2, 0) is 14.3 Å². The summed E-state index contributed by atoms with van der Waals surface area (Å²) in [6.45, 7) is 2.11. The molecule has 5 rings (SSSR count). The lowest BCUT2D eigenvalue weighted by atomic mass is 9.71. The van der Waals surface area contributed by atoms with E-state index < -0.39 is 11.6 Å². The number of carbonyl (C=O) groups excluding carboxylic acids is 1. The normalized spacial score (nSPS) is 33.2. The highest BCUT2D eigenvalue weighted by molar-refractivity contribution is 5.95. The van der Waals surface area contributed by atoms with Gasteiger partial charge in [0.1, 0.15) is 0 Å². The summed E-state index contributed by atoms with van der Waals surface area (Å²) in [5, 5.41) is 17.4. The predicted molar refractivity (Wildman–Crippen MR) is 163 cm³/mol. The number of carbonyl (C=O) groups is 1. The number of nitrogens with zero attached hydrogens (tertiary/aromatic N) is 8. The number of likely N-dealkylation sites (tertiary alicyclic amines) is 1. The Kier molecular flexibility index (Phi) is 11.2. The van der Waals surface area contributed by atoms with Crippen LogP contribution < -0.4 is 0 Å². The Bertz CT molecular complexity index is 1130. The Labute approximate surface area is 254 Å². The van der Waals surface area contributed by atoms with Gasteiger partial charge in [0, 0.05) is 53.8 Å². The molecule has 2 heterocycles. The molecule has 0 bridgehead atoms. The van der Waals surface area contributed by atoms with E-state index in [0.717, 1.165) is 89.0 Å². The Hall–Kier alpha value is -2.78. The van der Waals surface area contributed by atoms with Gasteiger partial charge in [-0.15, -0.1) is 0 Å². The average molecular weight is 597 g/mol. The van der Waals surface area contributed by atoms with Crippen molar-refractivity contribution in [3.05, 3.63) is 32.2 Å². The highest BCUT2D eigenvalue weighted by Crippen LogP contribution is 2.47. The predicted octanol–water partition coefficient (Wildman–Crippen LogP) is 6.89. The number of hydrogen-bond donors (Lipinski definition) is 1. The molecule has 12 heteroatoms. The van der Waals surface area contributed by atoms with Gasteiger partial charge < -0.3 is 19.5 Å². The lowest BCUT2D eigenvalue weighted by Gasteiger charge is -2.42. The Morgan fingerprint density at radius 2 is 1.77 bits per heavy atom. The van der Waals surface area contributed by atoms with Crippen molar-refractivity contribution >= 4 is 11.8 Å². The van der Waals surface area contributed by atoms with Gasteiger partial charge in [0.15, 0.2) is 17.5 Å². The molecule has 5 aliphatic rings. The van der Waals surface area contributed by atoms with E-state index in [0.29, 0.717) is 57.0 Å². The van der Waals surface area contributed by atoms with Crippen molar-refractivity contribution in [2.24, 2.45) is 27.1 Å². The van der Waals surface area contributed by atoms with Crippen molar-refractivity contribution in [2.75, 3.05) is 26.3 Å². The van der Waals surface area contributed by atoms with Gasteiger partial charge in [-0.3, -0.25) is 4.79 Å². The number of aliphatic hydroxyl groups excluding tert-OH is 1. The van der Waals surface area contributed by atoms with Gasteiger partial charge >= 0.3 is 0 Å². The SMILES string of the molecule is [N-]=[N+]=NC1=C([C@H]2OC(C3CCC(OCCCO)CC3)=N[C@@]2(CC2CCCCC2N=[N+]=[N-])C(=O)N2CCCCC2)CCCC1. The van der Waals surface area contributed by atoms with Gasteiger partial charge in [0.2, 0.25) is 0 Å². The van der Waals surface area contributed by atoms with Crippen LogP contribution in [0.25, 0.3) is 20.9 Å². The fourth-order valence-electron chi connectivity index (χ4n) is 8.02. The molecule has 0 aromatic rings. The zero-order chi connectivity index (χ0) is 30.1. The Morgan fingerprint density at radius 3 is 2.51 bits per heavy atom. The Balaban J connectivity index is 1.53. The van der Waals surface area contributed by atoms with E-state index in [1.165, 1.54) is 0 Å². The third-order valence-electron chi connectivity index (χ3n) is 10.3. The minimum Gasteiger partial charge on any atom is -0.470 e. The molecule has 0 spiro atoms. The lowest BCUT2D eigenvalue weighted by molar-refractivity contribution is -0.141. The van der Waals surface area contributed by atoms with E-state index in [4.69, 9.17) is 19.6 Å². The molecule has 3 fully saturated rings. The van der Waals surface area contributed by atoms with Gasteiger partial charge in [-0.25, -0.2) is 4.99 Å². The molecule has 43 heavy (non-hydrogen) atoms. The summed E-state index contributed by atoms with van der Waals surface area (Å²) in [6, 6.07) is -0.173. The fraction of sp³-hybridized carbons (Fsp3) is 0.871. The van der Waals surface area contributed by atoms with Crippen molar-refractivity contribution < 1.29 is 19.4 Å². The maximum absolute atomic E-state index is 14.9. The molecule has 1 amide bonds. The van der Waals surface area contributed by atoms with Crippen molar-refractivity contribution in [3.63, 3.8) is 0 Å². The van der Waals surface area contributed by atoms with E-state index in [1.54, 1.807) is 0 Å². The third-order valence-corrected chi connectivity index (χ3v) is 10.3. The first-order valence-corrected chi connectivity index (χ1v) is 16.7. The number of rotatable bonds is 11. The van der Waals surface area contributed by atoms with Crippen molar-refractivity contribution in [1.29, 1.82) is 0 Å². The van der Waals surface area contributed by atoms with Crippen molar-refractivity contribution in [3.8, 4) is 0 Å². The quantitative estimate of drug-likeness (QED) is 0.119. The van der Waals surface area contributed by atoms with E-state index in [9.17, 15) is 15.9 Å². The first-order chi connectivity index (χ1) is 21.1. The molecule has 0 aromatic heterocycles. The zero-order valence-corrected chi connectivity index (χ0v) is 25.5. The van der Waals surface area contributed by atoms with E-state index >= 15 is 0 Å². The van der Waals surface area contributed by atoms with Gasteiger partial charge in [-0.05, 0) is 119 Å². The minimum absolute atomic E-state index is 0.0110. The van der Waals surface area contributed by atoms with Crippen LogP contribution >= 0.6 is 0 Å². The summed E-state index contributed by atoms with van der Waals surface area (Å²) in [7, 11) is 0. The fourth-order valence-corrected chi connectivity index (χ4v) is 8.02. The van der Waals surface area contributed by atoms with Crippen LogP contribution in [0.5, 0.6) is 0 Å². The van der Waals surface area contributed by atoms with Crippen LogP contribution in [-0.4, -0.2) is 71.9 Å². The van der Waals surface area contributed by atoms with Crippen LogP contribution in [0.3, 0.4) is 0 Å². The number of amides is 1. The molecule has 2 aliphatic heterocycles. The highest BCUT2D eigenvalue weighted by Gasteiger charge is 2.57. The number of aliphatic hydroxyl groups is 1. The number of piperidine rings is 1.